The standard InChI is InChI=1S/C15H19NO3/c1-11(12-7-8-12)16(13-5-3-2-4-6-13)14(17)9-10-15(18)19/h2-6,11-12H,7-10H2,1H3,(H,18,19)/p-1/t11-/m0/s1. The molecule has 1 aliphatic rings. The fourth-order valence-electron chi connectivity index (χ4n) is 2.31. The minimum atomic E-state index is -1.18. The predicted molar refractivity (Wildman–Crippen MR) is 70.4 cm³/mol. The van der Waals surface area contributed by atoms with Crippen molar-refractivity contribution in [3.8, 4) is 0 Å². The number of anilines is 1. The van der Waals surface area contributed by atoms with E-state index in [1.54, 1.807) is 4.90 Å². The van der Waals surface area contributed by atoms with E-state index in [9.17, 15) is 14.7 Å². The fourth-order valence-corrected chi connectivity index (χ4v) is 2.31. The Morgan fingerprint density at radius 3 is 2.42 bits per heavy atom. The molecule has 1 atom stereocenters. The topological polar surface area (TPSA) is 60.4 Å². The van der Waals surface area contributed by atoms with Gasteiger partial charge in [-0.25, -0.2) is 0 Å². The molecule has 1 amide bonds. The van der Waals surface area contributed by atoms with Gasteiger partial charge in [-0.15, -0.1) is 0 Å². The maximum absolute atomic E-state index is 12.3. The van der Waals surface area contributed by atoms with Crippen molar-refractivity contribution >= 4 is 17.6 Å². The molecule has 0 radical (unpaired) electrons. The summed E-state index contributed by atoms with van der Waals surface area (Å²) < 4.78 is 0. The largest absolute Gasteiger partial charge is 0.550 e. The molecule has 1 fully saturated rings. The highest BCUT2D eigenvalue weighted by Gasteiger charge is 2.34. The smallest absolute Gasteiger partial charge is 0.227 e. The van der Waals surface area contributed by atoms with Gasteiger partial charge in [0.05, 0.1) is 0 Å². The minimum Gasteiger partial charge on any atom is -0.550 e. The summed E-state index contributed by atoms with van der Waals surface area (Å²) >= 11 is 0. The van der Waals surface area contributed by atoms with Crippen LogP contribution in [0.25, 0.3) is 0 Å². The van der Waals surface area contributed by atoms with E-state index >= 15 is 0 Å². The highest BCUT2D eigenvalue weighted by atomic mass is 16.4. The average molecular weight is 260 g/mol. The van der Waals surface area contributed by atoms with Crippen molar-refractivity contribution in [3.63, 3.8) is 0 Å². The molecule has 0 heterocycles. The summed E-state index contributed by atoms with van der Waals surface area (Å²) in [4.78, 5) is 24.5. The van der Waals surface area contributed by atoms with Crippen LogP contribution in [0, 0.1) is 5.92 Å². The van der Waals surface area contributed by atoms with Crippen LogP contribution in [0.2, 0.25) is 0 Å². The number of benzene rings is 1. The van der Waals surface area contributed by atoms with E-state index in [2.05, 4.69) is 0 Å². The lowest BCUT2D eigenvalue weighted by Crippen LogP contribution is -2.40. The van der Waals surface area contributed by atoms with Crippen LogP contribution in [0.5, 0.6) is 0 Å². The molecular weight excluding hydrogens is 242 g/mol. The van der Waals surface area contributed by atoms with Crippen molar-refractivity contribution in [1.82, 2.24) is 0 Å². The Morgan fingerprint density at radius 1 is 1.26 bits per heavy atom. The molecular formula is C15H18NO3-. The zero-order valence-electron chi connectivity index (χ0n) is 11.0. The first-order chi connectivity index (χ1) is 9.09. The second-order valence-electron chi connectivity index (χ2n) is 5.05. The van der Waals surface area contributed by atoms with Gasteiger partial charge in [0.25, 0.3) is 0 Å². The number of hydrogen-bond donors (Lipinski definition) is 0. The Hall–Kier alpha value is -1.84. The van der Waals surface area contributed by atoms with Crippen LogP contribution in [0.4, 0.5) is 5.69 Å². The van der Waals surface area contributed by atoms with Crippen LogP contribution in [0.3, 0.4) is 0 Å². The van der Waals surface area contributed by atoms with Gasteiger partial charge in [0.15, 0.2) is 0 Å². The van der Waals surface area contributed by atoms with Crippen molar-refractivity contribution < 1.29 is 14.7 Å². The molecule has 19 heavy (non-hydrogen) atoms. The number of amides is 1. The van der Waals surface area contributed by atoms with E-state index in [0.717, 1.165) is 18.5 Å². The van der Waals surface area contributed by atoms with E-state index in [0.29, 0.717) is 5.92 Å². The van der Waals surface area contributed by atoms with E-state index in [1.165, 1.54) is 0 Å². The number of carboxylic acids is 1. The summed E-state index contributed by atoms with van der Waals surface area (Å²) in [5.41, 5.74) is 0.838. The van der Waals surface area contributed by atoms with Gasteiger partial charge in [-0.05, 0) is 44.2 Å². The molecule has 0 bridgehead atoms. The highest BCUT2D eigenvalue weighted by molar-refractivity contribution is 5.95. The summed E-state index contributed by atoms with van der Waals surface area (Å²) in [7, 11) is 0. The van der Waals surface area contributed by atoms with Crippen LogP contribution in [0.15, 0.2) is 30.3 Å². The van der Waals surface area contributed by atoms with Gasteiger partial charge < -0.3 is 14.8 Å². The summed E-state index contributed by atoms with van der Waals surface area (Å²) in [6.07, 6.45) is 2.05. The van der Waals surface area contributed by atoms with E-state index in [4.69, 9.17) is 0 Å². The second kappa shape index (κ2) is 5.87. The Bertz CT molecular complexity index is 454. The zero-order valence-corrected chi connectivity index (χ0v) is 11.0. The quantitative estimate of drug-likeness (QED) is 0.775. The molecule has 0 N–H and O–H groups in total. The number of rotatable bonds is 6. The van der Waals surface area contributed by atoms with Crippen molar-refractivity contribution in [2.45, 2.75) is 38.6 Å². The van der Waals surface area contributed by atoms with E-state index < -0.39 is 5.97 Å². The fraction of sp³-hybridized carbons (Fsp3) is 0.467. The highest BCUT2D eigenvalue weighted by Crippen LogP contribution is 2.37. The van der Waals surface area contributed by atoms with Gasteiger partial charge in [0.1, 0.15) is 0 Å². The van der Waals surface area contributed by atoms with Gasteiger partial charge in [0.2, 0.25) is 5.91 Å². The molecule has 102 valence electrons. The SMILES string of the molecule is C[C@@H](C1CC1)N(C(=O)CCC(=O)[O-])c1ccccc1. The van der Waals surface area contributed by atoms with Crippen LogP contribution in [-0.2, 0) is 9.59 Å². The molecule has 0 unspecified atom stereocenters. The number of carbonyl (C=O) groups excluding carboxylic acids is 2. The van der Waals surface area contributed by atoms with Crippen LogP contribution >= 0.6 is 0 Å². The second-order valence-corrected chi connectivity index (χ2v) is 5.05. The maximum Gasteiger partial charge on any atom is 0.227 e. The Morgan fingerprint density at radius 2 is 1.89 bits per heavy atom. The number of carbonyl (C=O) groups is 2. The lowest BCUT2D eigenvalue weighted by molar-refractivity contribution is -0.305. The molecule has 1 saturated carbocycles. The van der Waals surface area contributed by atoms with Crippen LogP contribution < -0.4 is 10.0 Å². The Kier molecular flexibility index (Phi) is 4.20. The third-order valence-corrected chi connectivity index (χ3v) is 3.56. The lowest BCUT2D eigenvalue weighted by Gasteiger charge is -2.29. The Labute approximate surface area is 113 Å². The predicted octanol–water partition coefficient (Wildman–Crippen LogP) is 1.35. The van der Waals surface area contributed by atoms with Gasteiger partial charge in [-0.2, -0.15) is 0 Å². The number of hydrogen-bond acceptors (Lipinski definition) is 3. The van der Waals surface area contributed by atoms with Crippen molar-refractivity contribution in [2.24, 2.45) is 5.92 Å². The molecule has 0 spiro atoms. The van der Waals surface area contributed by atoms with Crippen molar-refractivity contribution in [3.05, 3.63) is 30.3 Å². The first-order valence-electron chi connectivity index (χ1n) is 6.66. The molecule has 4 nitrogen and oxygen atoms in total. The van der Waals surface area contributed by atoms with Gasteiger partial charge in [-0.3, -0.25) is 4.79 Å². The average Bonchev–Trinajstić information content (AvgIpc) is 3.22. The monoisotopic (exact) mass is 260 g/mol. The lowest BCUT2D eigenvalue weighted by atomic mass is 10.1. The summed E-state index contributed by atoms with van der Waals surface area (Å²) in [6, 6.07) is 9.56. The molecule has 1 aromatic rings. The normalized spacial score (nSPS) is 15.8. The van der Waals surface area contributed by atoms with Gasteiger partial charge in [0, 0.05) is 24.1 Å². The number of aliphatic carboxylic acids is 1. The maximum atomic E-state index is 12.3. The first kappa shape index (κ1) is 13.6. The van der Waals surface area contributed by atoms with Crippen molar-refractivity contribution in [2.75, 3.05) is 4.90 Å². The van der Waals surface area contributed by atoms with Gasteiger partial charge in [-0.1, -0.05) is 18.2 Å². The summed E-state index contributed by atoms with van der Waals surface area (Å²) in [5.74, 6) is -0.789. The molecule has 0 aromatic heterocycles. The third-order valence-electron chi connectivity index (χ3n) is 3.56. The zero-order chi connectivity index (χ0) is 13.8. The van der Waals surface area contributed by atoms with E-state index in [-0.39, 0.29) is 24.8 Å². The summed E-state index contributed by atoms with van der Waals surface area (Å²) in [6.45, 7) is 2.03. The Balaban J connectivity index is 2.14. The minimum absolute atomic E-state index is 0.00567. The summed E-state index contributed by atoms with van der Waals surface area (Å²) in [5, 5.41) is 10.5. The van der Waals surface area contributed by atoms with E-state index in [1.807, 2.05) is 37.3 Å². The number of para-hydroxylation sites is 1. The van der Waals surface area contributed by atoms with Crippen molar-refractivity contribution in [1.29, 1.82) is 0 Å². The third kappa shape index (κ3) is 3.56. The van der Waals surface area contributed by atoms with Gasteiger partial charge >= 0.3 is 0 Å². The van der Waals surface area contributed by atoms with Crippen LogP contribution in [-0.4, -0.2) is 17.9 Å². The molecule has 2 rings (SSSR count). The number of nitrogens with zero attached hydrogens (tertiary/aromatic N) is 1. The molecule has 0 saturated heterocycles. The molecule has 1 aromatic carbocycles. The molecule has 0 aliphatic heterocycles. The number of carboxylic acid groups (broad SMARTS) is 1. The molecule has 1 aliphatic carbocycles. The molecule has 4 heteroatoms. The van der Waals surface area contributed by atoms with Crippen LogP contribution in [0.1, 0.15) is 32.6 Å². The first-order valence-corrected chi connectivity index (χ1v) is 6.66.